The van der Waals surface area contributed by atoms with Gasteiger partial charge in [-0.15, -0.1) is 11.3 Å². The Kier molecular flexibility index (Phi) is 5.11. The van der Waals surface area contributed by atoms with Gasteiger partial charge in [-0.3, -0.25) is 0 Å². The molecule has 0 bridgehead atoms. The molecule has 1 heterocycles. The first-order chi connectivity index (χ1) is 11.6. The Morgan fingerprint density at radius 2 is 2.12 bits per heavy atom. The molecule has 3 rings (SSSR count). The van der Waals surface area contributed by atoms with Gasteiger partial charge in [0.1, 0.15) is 10.8 Å². The molecule has 0 saturated carbocycles. The summed E-state index contributed by atoms with van der Waals surface area (Å²) >= 11 is 6.77. The molecular formula is C17H17FN2O2S2. The largest absolute Gasteiger partial charge is 0.462 e. The highest BCUT2D eigenvalue weighted by Crippen LogP contribution is 2.39. The lowest BCUT2D eigenvalue weighted by molar-refractivity contribution is 0.0527. The lowest BCUT2D eigenvalue weighted by Gasteiger charge is -2.12. The number of hydrogen-bond donors (Lipinski definition) is 2. The summed E-state index contributed by atoms with van der Waals surface area (Å²) in [4.78, 5) is 13.5. The van der Waals surface area contributed by atoms with Crippen molar-refractivity contribution in [1.82, 2.24) is 0 Å². The summed E-state index contributed by atoms with van der Waals surface area (Å²) in [7, 11) is 0. The van der Waals surface area contributed by atoms with E-state index in [0.29, 0.717) is 17.2 Å². The van der Waals surface area contributed by atoms with E-state index in [0.717, 1.165) is 24.8 Å². The van der Waals surface area contributed by atoms with Crippen LogP contribution in [0, 0.1) is 5.82 Å². The Bertz CT molecular complexity index is 789. The third-order valence-corrected chi connectivity index (χ3v) is 5.16. The standard InChI is InChI=1S/C17H17FN2O2S2/c1-2-22-16(21)14-10-6-5-9-13(10)24-15(14)20-17(23)19-12-8-4-3-7-11(12)18/h3-4,7-8H,2,5-6,9H2,1H3,(H2,19,20,23). The molecule has 4 nitrogen and oxygen atoms in total. The van der Waals surface area contributed by atoms with Crippen LogP contribution < -0.4 is 10.6 Å². The van der Waals surface area contributed by atoms with E-state index in [1.165, 1.54) is 22.3 Å². The molecule has 0 aliphatic heterocycles. The van der Waals surface area contributed by atoms with E-state index >= 15 is 0 Å². The maximum Gasteiger partial charge on any atom is 0.341 e. The van der Waals surface area contributed by atoms with Crippen LogP contribution in [0.2, 0.25) is 0 Å². The number of carbonyl (C=O) groups is 1. The van der Waals surface area contributed by atoms with Crippen molar-refractivity contribution in [3.63, 3.8) is 0 Å². The molecule has 2 aromatic rings. The van der Waals surface area contributed by atoms with Gasteiger partial charge in [-0.1, -0.05) is 12.1 Å². The lowest BCUT2D eigenvalue weighted by atomic mass is 10.1. The summed E-state index contributed by atoms with van der Waals surface area (Å²) in [5.41, 5.74) is 1.90. The highest BCUT2D eigenvalue weighted by Gasteiger charge is 2.27. The minimum atomic E-state index is -0.388. The summed E-state index contributed by atoms with van der Waals surface area (Å²) in [6.07, 6.45) is 2.88. The van der Waals surface area contributed by atoms with Crippen LogP contribution in [0.4, 0.5) is 15.1 Å². The number of aryl methyl sites for hydroxylation is 1. The summed E-state index contributed by atoms with van der Waals surface area (Å²) in [5, 5.41) is 6.75. The average molecular weight is 364 g/mol. The summed E-state index contributed by atoms with van der Waals surface area (Å²) in [6.45, 7) is 2.10. The predicted octanol–water partition coefficient (Wildman–Crippen LogP) is 4.36. The van der Waals surface area contributed by atoms with Crippen molar-refractivity contribution in [3.05, 3.63) is 46.1 Å². The third-order valence-electron chi connectivity index (χ3n) is 3.75. The second-order valence-electron chi connectivity index (χ2n) is 5.34. The molecular weight excluding hydrogens is 347 g/mol. The van der Waals surface area contributed by atoms with E-state index < -0.39 is 0 Å². The third kappa shape index (κ3) is 3.42. The van der Waals surface area contributed by atoms with Gasteiger partial charge in [-0.05, 0) is 56.1 Å². The van der Waals surface area contributed by atoms with Crippen molar-refractivity contribution < 1.29 is 13.9 Å². The van der Waals surface area contributed by atoms with Crippen LogP contribution in [-0.2, 0) is 17.6 Å². The maximum absolute atomic E-state index is 13.7. The van der Waals surface area contributed by atoms with Crippen LogP contribution in [0.15, 0.2) is 24.3 Å². The van der Waals surface area contributed by atoms with Gasteiger partial charge in [-0.2, -0.15) is 0 Å². The minimum Gasteiger partial charge on any atom is -0.462 e. The Morgan fingerprint density at radius 1 is 1.33 bits per heavy atom. The van der Waals surface area contributed by atoms with Crippen molar-refractivity contribution in [1.29, 1.82) is 0 Å². The van der Waals surface area contributed by atoms with Crippen LogP contribution >= 0.6 is 23.6 Å². The lowest BCUT2D eigenvalue weighted by Crippen LogP contribution is -2.21. The molecule has 1 aliphatic rings. The topological polar surface area (TPSA) is 50.4 Å². The van der Waals surface area contributed by atoms with Crippen molar-refractivity contribution in [2.24, 2.45) is 0 Å². The number of ether oxygens (including phenoxy) is 1. The molecule has 0 atom stereocenters. The van der Waals surface area contributed by atoms with Crippen molar-refractivity contribution in [3.8, 4) is 0 Å². The van der Waals surface area contributed by atoms with E-state index in [9.17, 15) is 9.18 Å². The SMILES string of the molecule is CCOC(=O)c1c(NC(=S)Nc2ccccc2F)sc2c1CCC2. The Balaban J connectivity index is 1.81. The summed E-state index contributed by atoms with van der Waals surface area (Å²) < 4.78 is 18.9. The number of hydrogen-bond acceptors (Lipinski definition) is 4. The van der Waals surface area contributed by atoms with Crippen molar-refractivity contribution >= 4 is 45.3 Å². The number of thiophene rings is 1. The highest BCUT2D eigenvalue weighted by molar-refractivity contribution is 7.80. The molecule has 0 spiro atoms. The maximum atomic E-state index is 13.7. The number of para-hydroxylation sites is 1. The van der Waals surface area contributed by atoms with Crippen LogP contribution in [0.5, 0.6) is 0 Å². The number of esters is 1. The van der Waals surface area contributed by atoms with Crippen LogP contribution in [0.3, 0.4) is 0 Å². The molecule has 0 fully saturated rings. The van der Waals surface area contributed by atoms with Gasteiger partial charge in [0.2, 0.25) is 0 Å². The molecule has 0 radical (unpaired) electrons. The number of anilines is 2. The molecule has 7 heteroatoms. The van der Waals surface area contributed by atoms with Gasteiger partial charge >= 0.3 is 5.97 Å². The second-order valence-corrected chi connectivity index (χ2v) is 6.85. The Morgan fingerprint density at radius 3 is 2.88 bits per heavy atom. The van der Waals surface area contributed by atoms with E-state index in [2.05, 4.69) is 10.6 Å². The number of thiocarbonyl (C=S) groups is 1. The first-order valence-corrected chi connectivity index (χ1v) is 8.96. The fraction of sp³-hybridized carbons (Fsp3) is 0.294. The Labute approximate surface area is 149 Å². The number of fused-ring (bicyclic) bond motifs is 1. The normalized spacial score (nSPS) is 12.6. The van der Waals surface area contributed by atoms with E-state index in [-0.39, 0.29) is 22.6 Å². The molecule has 0 saturated heterocycles. The molecule has 1 aromatic carbocycles. The number of benzene rings is 1. The number of nitrogens with one attached hydrogen (secondary N) is 2. The van der Waals surface area contributed by atoms with E-state index in [1.54, 1.807) is 25.1 Å². The zero-order chi connectivity index (χ0) is 17.1. The van der Waals surface area contributed by atoms with Gasteiger partial charge in [-0.25, -0.2) is 9.18 Å². The fourth-order valence-electron chi connectivity index (χ4n) is 2.73. The Hall–Kier alpha value is -1.99. The summed E-state index contributed by atoms with van der Waals surface area (Å²) in [6, 6.07) is 6.29. The number of carbonyl (C=O) groups excluding carboxylic acids is 1. The average Bonchev–Trinajstić information content (AvgIpc) is 3.10. The number of rotatable bonds is 4. The zero-order valence-electron chi connectivity index (χ0n) is 13.1. The predicted molar refractivity (Wildman–Crippen MR) is 98.5 cm³/mol. The quantitative estimate of drug-likeness (QED) is 0.623. The molecule has 1 aliphatic carbocycles. The van der Waals surface area contributed by atoms with E-state index in [4.69, 9.17) is 17.0 Å². The number of halogens is 1. The smallest absolute Gasteiger partial charge is 0.341 e. The van der Waals surface area contributed by atoms with Gasteiger partial charge in [0, 0.05) is 4.88 Å². The molecule has 126 valence electrons. The summed E-state index contributed by atoms with van der Waals surface area (Å²) in [5.74, 6) is -0.728. The molecule has 1 aromatic heterocycles. The van der Waals surface area contributed by atoms with Crippen LogP contribution in [-0.4, -0.2) is 17.7 Å². The molecule has 24 heavy (non-hydrogen) atoms. The van der Waals surface area contributed by atoms with Crippen LogP contribution in [0.25, 0.3) is 0 Å². The molecule has 0 amide bonds. The van der Waals surface area contributed by atoms with Gasteiger partial charge in [0.15, 0.2) is 5.11 Å². The highest BCUT2D eigenvalue weighted by atomic mass is 32.1. The van der Waals surface area contributed by atoms with Gasteiger partial charge < -0.3 is 15.4 Å². The van der Waals surface area contributed by atoms with Gasteiger partial charge in [0.05, 0.1) is 17.9 Å². The first kappa shape index (κ1) is 16.9. The molecule has 2 N–H and O–H groups in total. The minimum absolute atomic E-state index is 0.241. The fourth-order valence-corrected chi connectivity index (χ4v) is 4.29. The first-order valence-electron chi connectivity index (χ1n) is 7.74. The molecule has 0 unspecified atom stereocenters. The zero-order valence-corrected chi connectivity index (χ0v) is 14.8. The van der Waals surface area contributed by atoms with Crippen molar-refractivity contribution in [2.75, 3.05) is 17.2 Å². The van der Waals surface area contributed by atoms with Gasteiger partial charge in [0.25, 0.3) is 0 Å². The monoisotopic (exact) mass is 364 g/mol. The van der Waals surface area contributed by atoms with E-state index in [1.807, 2.05) is 0 Å². The second kappa shape index (κ2) is 7.27. The van der Waals surface area contributed by atoms with Crippen molar-refractivity contribution in [2.45, 2.75) is 26.2 Å². The van der Waals surface area contributed by atoms with Crippen LogP contribution in [0.1, 0.15) is 34.1 Å².